The summed E-state index contributed by atoms with van der Waals surface area (Å²) >= 11 is 9.84. The highest BCUT2D eigenvalue weighted by Crippen LogP contribution is 2.31. The Labute approximate surface area is 168 Å². The van der Waals surface area contributed by atoms with Gasteiger partial charge in [-0.3, -0.25) is 9.97 Å². The number of hydrogen-bond donors (Lipinski definition) is 1. The Morgan fingerprint density at radius 2 is 1.96 bits per heavy atom. The van der Waals surface area contributed by atoms with Crippen molar-refractivity contribution in [3.05, 3.63) is 76.5 Å². The van der Waals surface area contributed by atoms with Crippen LogP contribution in [0, 0.1) is 0 Å². The molecular weight excluding hydrogens is 430 g/mol. The van der Waals surface area contributed by atoms with Crippen LogP contribution in [-0.2, 0) is 6.61 Å². The van der Waals surface area contributed by atoms with E-state index in [1.807, 2.05) is 24.3 Å². The van der Waals surface area contributed by atoms with E-state index >= 15 is 0 Å². The zero-order chi connectivity index (χ0) is 18.6. The zero-order valence-corrected chi connectivity index (χ0v) is 16.3. The Kier molecular flexibility index (Phi) is 5.13. The molecule has 4 aromatic rings. The lowest BCUT2D eigenvalue weighted by Crippen LogP contribution is -2.00. The first-order chi connectivity index (χ1) is 13.2. The van der Waals surface area contributed by atoms with E-state index < -0.39 is 0 Å². The molecule has 27 heavy (non-hydrogen) atoms. The van der Waals surface area contributed by atoms with Gasteiger partial charge in [0.15, 0.2) is 0 Å². The van der Waals surface area contributed by atoms with Gasteiger partial charge < -0.3 is 10.1 Å². The molecule has 0 saturated carbocycles. The van der Waals surface area contributed by atoms with Crippen molar-refractivity contribution < 1.29 is 4.74 Å². The van der Waals surface area contributed by atoms with Crippen LogP contribution in [0.15, 0.2) is 65.8 Å². The molecule has 2 aromatic carbocycles. The van der Waals surface area contributed by atoms with Crippen molar-refractivity contribution in [3.63, 3.8) is 0 Å². The highest BCUT2D eigenvalue weighted by molar-refractivity contribution is 9.10. The number of nitrogens with zero attached hydrogens (tertiary/aromatic N) is 4. The first-order valence-corrected chi connectivity index (χ1v) is 9.21. The first-order valence-electron chi connectivity index (χ1n) is 8.03. The fraction of sp³-hybridized carbons (Fsp3) is 0.0526. The summed E-state index contributed by atoms with van der Waals surface area (Å²) in [6.45, 7) is 0.297. The van der Waals surface area contributed by atoms with Crippen LogP contribution in [0.4, 0.5) is 11.5 Å². The Hall–Kier alpha value is -2.77. The SMILES string of the molecule is Clc1cc(Nc2ncnc3ccc(Br)cc23)ccc1OCc1cnccn1. The molecule has 0 fully saturated rings. The van der Waals surface area contributed by atoms with Crippen LogP contribution in [0.3, 0.4) is 0 Å². The van der Waals surface area contributed by atoms with Gasteiger partial charge >= 0.3 is 0 Å². The van der Waals surface area contributed by atoms with E-state index in [4.69, 9.17) is 16.3 Å². The minimum absolute atomic E-state index is 0.297. The Bertz CT molecular complexity index is 1090. The number of aromatic nitrogens is 4. The van der Waals surface area contributed by atoms with E-state index in [9.17, 15) is 0 Å². The average molecular weight is 443 g/mol. The number of halogens is 2. The van der Waals surface area contributed by atoms with E-state index in [0.717, 1.165) is 26.8 Å². The topological polar surface area (TPSA) is 72.8 Å². The monoisotopic (exact) mass is 441 g/mol. The van der Waals surface area contributed by atoms with Crippen molar-refractivity contribution in [3.8, 4) is 5.75 Å². The Balaban J connectivity index is 1.54. The van der Waals surface area contributed by atoms with Crippen molar-refractivity contribution in [2.45, 2.75) is 6.61 Å². The van der Waals surface area contributed by atoms with Gasteiger partial charge in [-0.05, 0) is 36.4 Å². The van der Waals surface area contributed by atoms with Gasteiger partial charge in [0.05, 0.1) is 22.4 Å². The van der Waals surface area contributed by atoms with Crippen molar-refractivity contribution in [2.24, 2.45) is 0 Å². The molecule has 8 heteroatoms. The lowest BCUT2D eigenvalue weighted by atomic mass is 10.2. The molecule has 0 unspecified atom stereocenters. The number of nitrogens with one attached hydrogen (secondary N) is 1. The van der Waals surface area contributed by atoms with Gasteiger partial charge in [-0.15, -0.1) is 0 Å². The molecule has 0 saturated heterocycles. The lowest BCUT2D eigenvalue weighted by Gasteiger charge is -2.11. The second-order valence-corrected chi connectivity index (χ2v) is 6.96. The number of fused-ring (bicyclic) bond motifs is 1. The first kappa shape index (κ1) is 17.6. The molecule has 0 bridgehead atoms. The number of ether oxygens (including phenoxy) is 1. The van der Waals surface area contributed by atoms with Crippen LogP contribution in [0.1, 0.15) is 5.69 Å². The molecule has 0 aliphatic rings. The Morgan fingerprint density at radius 3 is 2.78 bits per heavy atom. The summed E-state index contributed by atoms with van der Waals surface area (Å²) in [5.41, 5.74) is 2.38. The maximum absolute atomic E-state index is 6.36. The summed E-state index contributed by atoms with van der Waals surface area (Å²) in [4.78, 5) is 16.8. The highest BCUT2D eigenvalue weighted by Gasteiger charge is 2.08. The molecule has 0 aliphatic heterocycles. The molecular formula is C19H13BrClN5O. The molecule has 0 atom stereocenters. The van der Waals surface area contributed by atoms with Crippen LogP contribution in [0.25, 0.3) is 10.9 Å². The lowest BCUT2D eigenvalue weighted by molar-refractivity contribution is 0.301. The third kappa shape index (κ3) is 4.15. The van der Waals surface area contributed by atoms with E-state index in [-0.39, 0.29) is 0 Å². The minimum Gasteiger partial charge on any atom is -0.486 e. The zero-order valence-electron chi connectivity index (χ0n) is 13.9. The van der Waals surface area contributed by atoms with Gasteiger partial charge in [0, 0.05) is 27.9 Å². The molecule has 1 N–H and O–H groups in total. The molecule has 2 heterocycles. The van der Waals surface area contributed by atoms with Crippen LogP contribution in [-0.4, -0.2) is 19.9 Å². The second-order valence-electron chi connectivity index (χ2n) is 5.64. The summed E-state index contributed by atoms with van der Waals surface area (Å²) in [6.07, 6.45) is 6.42. The number of anilines is 2. The van der Waals surface area contributed by atoms with E-state index in [1.165, 1.54) is 6.33 Å². The summed E-state index contributed by atoms with van der Waals surface area (Å²) < 4.78 is 6.68. The molecule has 2 aromatic heterocycles. The number of benzene rings is 2. The number of rotatable bonds is 5. The Morgan fingerprint density at radius 1 is 1.04 bits per heavy atom. The van der Waals surface area contributed by atoms with E-state index in [1.54, 1.807) is 30.7 Å². The third-order valence-electron chi connectivity index (χ3n) is 3.78. The molecule has 0 aliphatic carbocycles. The second kappa shape index (κ2) is 7.85. The van der Waals surface area contributed by atoms with Crippen LogP contribution in [0.2, 0.25) is 5.02 Å². The summed E-state index contributed by atoms with van der Waals surface area (Å²) in [5, 5.41) is 4.68. The van der Waals surface area contributed by atoms with Gasteiger partial charge in [0.1, 0.15) is 24.5 Å². The van der Waals surface area contributed by atoms with E-state index in [2.05, 4.69) is 41.2 Å². The average Bonchev–Trinajstić information content (AvgIpc) is 2.69. The van der Waals surface area contributed by atoms with E-state index in [0.29, 0.717) is 23.2 Å². The fourth-order valence-corrected chi connectivity index (χ4v) is 3.11. The van der Waals surface area contributed by atoms with Crippen molar-refractivity contribution in [1.29, 1.82) is 0 Å². The maximum atomic E-state index is 6.36. The fourth-order valence-electron chi connectivity index (χ4n) is 2.52. The molecule has 0 radical (unpaired) electrons. The van der Waals surface area contributed by atoms with Crippen LogP contribution in [0.5, 0.6) is 5.75 Å². The summed E-state index contributed by atoms with van der Waals surface area (Å²) in [5.74, 6) is 1.27. The predicted molar refractivity (Wildman–Crippen MR) is 108 cm³/mol. The van der Waals surface area contributed by atoms with Gasteiger partial charge in [0.25, 0.3) is 0 Å². The van der Waals surface area contributed by atoms with Gasteiger partial charge in [0.2, 0.25) is 0 Å². The largest absolute Gasteiger partial charge is 0.486 e. The molecule has 6 nitrogen and oxygen atoms in total. The van der Waals surface area contributed by atoms with Gasteiger partial charge in [-0.2, -0.15) is 0 Å². The highest BCUT2D eigenvalue weighted by atomic mass is 79.9. The van der Waals surface area contributed by atoms with Crippen molar-refractivity contribution >= 4 is 49.9 Å². The normalized spacial score (nSPS) is 10.7. The summed E-state index contributed by atoms with van der Waals surface area (Å²) in [7, 11) is 0. The predicted octanol–water partition coefficient (Wildman–Crippen LogP) is 5.16. The quantitative estimate of drug-likeness (QED) is 0.460. The summed E-state index contributed by atoms with van der Waals surface area (Å²) in [6, 6.07) is 11.3. The number of hydrogen-bond acceptors (Lipinski definition) is 6. The molecule has 4 rings (SSSR count). The smallest absolute Gasteiger partial charge is 0.141 e. The maximum Gasteiger partial charge on any atom is 0.141 e. The minimum atomic E-state index is 0.297. The van der Waals surface area contributed by atoms with Crippen molar-refractivity contribution in [2.75, 3.05) is 5.32 Å². The molecule has 134 valence electrons. The standard InChI is InChI=1S/C19H13BrClN5O/c20-12-1-3-17-15(7-12)19(25-11-24-17)26-13-2-4-18(16(21)8-13)27-10-14-9-22-5-6-23-14/h1-9,11H,10H2,(H,24,25,26). The molecule has 0 spiro atoms. The van der Waals surface area contributed by atoms with Crippen LogP contribution < -0.4 is 10.1 Å². The van der Waals surface area contributed by atoms with Crippen molar-refractivity contribution in [1.82, 2.24) is 19.9 Å². The van der Waals surface area contributed by atoms with Gasteiger partial charge in [-0.25, -0.2) is 9.97 Å². The molecule has 0 amide bonds. The van der Waals surface area contributed by atoms with Gasteiger partial charge in [-0.1, -0.05) is 27.5 Å². The third-order valence-corrected chi connectivity index (χ3v) is 4.57. The van der Waals surface area contributed by atoms with Crippen LogP contribution >= 0.6 is 27.5 Å².